The number of anilines is 1. The molecule has 0 bridgehead atoms. The van der Waals surface area contributed by atoms with Crippen LogP contribution in [0.25, 0.3) is 0 Å². The molecule has 28 heavy (non-hydrogen) atoms. The minimum Gasteiger partial charge on any atom is -0.446 e. The maximum atomic E-state index is 13.2. The van der Waals surface area contributed by atoms with Crippen LogP contribution in [0.5, 0.6) is 0 Å². The van der Waals surface area contributed by atoms with Gasteiger partial charge >= 0.3 is 0 Å². The molecule has 0 N–H and O–H groups in total. The maximum Gasteiger partial charge on any atom is 0.256 e. The van der Waals surface area contributed by atoms with Crippen molar-refractivity contribution in [2.45, 2.75) is 12.6 Å². The molecule has 8 nitrogen and oxygen atoms in total. The lowest BCUT2D eigenvalue weighted by Crippen LogP contribution is -2.36. The Morgan fingerprint density at radius 3 is 2.75 bits per heavy atom. The number of nitrogens with zero attached hydrogens (tertiary/aromatic N) is 5. The van der Waals surface area contributed by atoms with Gasteiger partial charge in [-0.1, -0.05) is 6.07 Å². The van der Waals surface area contributed by atoms with Gasteiger partial charge in [0.1, 0.15) is 6.04 Å². The topological polar surface area (TPSA) is 84.6 Å². The van der Waals surface area contributed by atoms with Crippen LogP contribution in [-0.2, 0) is 11.3 Å². The van der Waals surface area contributed by atoms with Gasteiger partial charge in [0, 0.05) is 25.3 Å². The number of fused-ring (bicyclic) bond motifs is 1. The van der Waals surface area contributed by atoms with E-state index in [-0.39, 0.29) is 11.9 Å². The summed E-state index contributed by atoms with van der Waals surface area (Å²) in [6.45, 7) is 3.71. The molecule has 3 aromatic rings. The van der Waals surface area contributed by atoms with Crippen LogP contribution in [-0.4, -0.2) is 52.3 Å². The highest BCUT2D eigenvalue weighted by atomic mass is 16.5. The van der Waals surface area contributed by atoms with Crippen molar-refractivity contribution in [2.75, 3.05) is 31.2 Å². The fourth-order valence-corrected chi connectivity index (χ4v) is 3.90. The van der Waals surface area contributed by atoms with E-state index in [0.29, 0.717) is 17.9 Å². The molecule has 2 aromatic heterocycles. The van der Waals surface area contributed by atoms with Crippen molar-refractivity contribution in [3.8, 4) is 0 Å². The van der Waals surface area contributed by atoms with E-state index < -0.39 is 0 Å². The van der Waals surface area contributed by atoms with Gasteiger partial charge in [-0.3, -0.25) is 4.79 Å². The number of oxazole rings is 1. The zero-order valence-electron chi connectivity index (χ0n) is 15.2. The molecule has 1 saturated heterocycles. The molecule has 1 atom stereocenters. The number of benzene rings is 1. The summed E-state index contributed by atoms with van der Waals surface area (Å²) in [5.41, 5.74) is 3.82. The largest absolute Gasteiger partial charge is 0.446 e. The van der Waals surface area contributed by atoms with Crippen molar-refractivity contribution >= 4 is 11.6 Å². The lowest BCUT2D eigenvalue weighted by atomic mass is 10.0. The Morgan fingerprint density at radius 2 is 2.00 bits per heavy atom. The van der Waals surface area contributed by atoms with Gasteiger partial charge in [-0.2, -0.15) is 10.2 Å². The number of hydrogen-bond acceptors (Lipinski definition) is 7. The first kappa shape index (κ1) is 16.9. The van der Waals surface area contributed by atoms with Crippen LogP contribution in [0.1, 0.15) is 33.3 Å². The second-order valence-electron chi connectivity index (χ2n) is 6.85. The summed E-state index contributed by atoms with van der Waals surface area (Å²) < 4.78 is 11.0. The highest BCUT2D eigenvalue weighted by Crippen LogP contribution is 2.40. The van der Waals surface area contributed by atoms with Crippen LogP contribution in [0.4, 0.5) is 5.69 Å². The molecule has 2 aliphatic heterocycles. The number of ether oxygens (including phenoxy) is 1. The van der Waals surface area contributed by atoms with E-state index in [1.165, 1.54) is 18.8 Å². The average Bonchev–Trinajstić information content (AvgIpc) is 3.41. The first-order chi connectivity index (χ1) is 13.8. The van der Waals surface area contributed by atoms with Crippen LogP contribution in [0.15, 0.2) is 53.7 Å². The Labute approximate surface area is 161 Å². The van der Waals surface area contributed by atoms with E-state index >= 15 is 0 Å². The Bertz CT molecular complexity index is 971. The predicted octanol–water partition coefficient (Wildman–Crippen LogP) is 2.05. The van der Waals surface area contributed by atoms with Crippen LogP contribution in [0, 0.1) is 0 Å². The van der Waals surface area contributed by atoms with Gasteiger partial charge in [-0.25, -0.2) is 4.98 Å². The summed E-state index contributed by atoms with van der Waals surface area (Å²) in [5.74, 6) is 0.536. The maximum absolute atomic E-state index is 13.2. The third kappa shape index (κ3) is 2.91. The number of hydrogen-bond donors (Lipinski definition) is 0. The van der Waals surface area contributed by atoms with Gasteiger partial charge in [-0.15, -0.1) is 0 Å². The minimum absolute atomic E-state index is 0.111. The van der Waals surface area contributed by atoms with Crippen molar-refractivity contribution in [3.63, 3.8) is 0 Å². The second kappa shape index (κ2) is 7.05. The van der Waals surface area contributed by atoms with E-state index in [1.54, 1.807) is 17.2 Å². The summed E-state index contributed by atoms with van der Waals surface area (Å²) in [7, 11) is 0. The number of morpholine rings is 1. The smallest absolute Gasteiger partial charge is 0.256 e. The Kier molecular flexibility index (Phi) is 4.25. The zero-order valence-corrected chi connectivity index (χ0v) is 15.2. The van der Waals surface area contributed by atoms with Crippen LogP contribution < -0.4 is 4.90 Å². The highest BCUT2D eigenvalue weighted by molar-refractivity contribution is 5.94. The van der Waals surface area contributed by atoms with Crippen LogP contribution in [0.3, 0.4) is 0 Å². The summed E-state index contributed by atoms with van der Waals surface area (Å²) in [5, 5.41) is 7.60. The normalized spacial score (nSPS) is 18.9. The highest BCUT2D eigenvalue weighted by Gasteiger charge is 2.37. The lowest BCUT2D eigenvalue weighted by molar-refractivity contribution is 0.0702. The molecular weight excluding hydrogens is 358 g/mol. The molecular formula is C20H19N5O3. The molecule has 1 amide bonds. The molecule has 1 fully saturated rings. The van der Waals surface area contributed by atoms with Gasteiger partial charge in [0.05, 0.1) is 37.4 Å². The molecule has 2 aliphatic rings. The number of aromatic nitrogens is 3. The summed E-state index contributed by atoms with van der Waals surface area (Å²) in [6.07, 6.45) is 6.07. The van der Waals surface area contributed by atoms with E-state index in [9.17, 15) is 4.79 Å². The number of carbonyl (C=O) groups excluding carboxylic acids is 1. The predicted molar refractivity (Wildman–Crippen MR) is 99.7 cm³/mol. The molecule has 0 radical (unpaired) electrons. The summed E-state index contributed by atoms with van der Waals surface area (Å²) >= 11 is 0. The van der Waals surface area contributed by atoms with Crippen LogP contribution >= 0.6 is 0 Å². The van der Waals surface area contributed by atoms with Crippen molar-refractivity contribution < 1.29 is 13.9 Å². The van der Waals surface area contributed by atoms with E-state index in [2.05, 4.69) is 38.3 Å². The minimum atomic E-state index is -0.308. The fraction of sp³-hybridized carbons (Fsp3) is 0.300. The first-order valence-electron chi connectivity index (χ1n) is 9.23. The van der Waals surface area contributed by atoms with Gasteiger partial charge in [-0.05, 0) is 29.3 Å². The standard InChI is InChI=1S/C20H19N5O3/c26-20(14-3-4-22-23-10-14)25-12-15-9-16(24-5-7-27-8-6-24)1-2-17(15)19(25)18-11-21-13-28-18/h1-4,9-11,13,19H,5-8,12H2/t19-/m1/s1. The third-order valence-corrected chi connectivity index (χ3v) is 5.26. The van der Waals surface area contributed by atoms with Crippen molar-refractivity contribution in [1.29, 1.82) is 0 Å². The second-order valence-corrected chi connectivity index (χ2v) is 6.85. The number of carbonyl (C=O) groups is 1. The SMILES string of the molecule is O=C(c1ccnnc1)N1Cc2cc(N3CCOCC3)ccc2[C@@H]1c1cnco1. The fourth-order valence-electron chi connectivity index (χ4n) is 3.90. The van der Waals surface area contributed by atoms with E-state index in [0.717, 1.165) is 43.1 Å². The number of rotatable bonds is 3. The van der Waals surface area contributed by atoms with Gasteiger partial charge in [0.2, 0.25) is 0 Å². The van der Waals surface area contributed by atoms with Crippen molar-refractivity contribution in [2.24, 2.45) is 0 Å². The van der Waals surface area contributed by atoms with Gasteiger partial charge < -0.3 is 19.0 Å². The molecule has 5 rings (SSSR count). The lowest BCUT2D eigenvalue weighted by Gasteiger charge is -2.29. The Balaban J connectivity index is 1.52. The molecule has 8 heteroatoms. The molecule has 0 spiro atoms. The molecule has 1 aromatic carbocycles. The average molecular weight is 377 g/mol. The molecule has 0 aliphatic carbocycles. The van der Waals surface area contributed by atoms with Crippen molar-refractivity contribution in [3.05, 3.63) is 71.7 Å². The summed E-state index contributed by atoms with van der Waals surface area (Å²) in [6, 6.07) is 7.73. The van der Waals surface area contributed by atoms with Gasteiger partial charge in [0.25, 0.3) is 5.91 Å². The Morgan fingerprint density at radius 1 is 1.11 bits per heavy atom. The molecule has 0 unspecified atom stereocenters. The quantitative estimate of drug-likeness (QED) is 0.691. The van der Waals surface area contributed by atoms with Gasteiger partial charge in [0.15, 0.2) is 12.2 Å². The monoisotopic (exact) mass is 377 g/mol. The first-order valence-corrected chi connectivity index (χ1v) is 9.23. The third-order valence-electron chi connectivity index (χ3n) is 5.26. The molecule has 4 heterocycles. The van der Waals surface area contributed by atoms with E-state index in [1.807, 2.05) is 0 Å². The molecule has 142 valence electrons. The van der Waals surface area contributed by atoms with Crippen LogP contribution in [0.2, 0.25) is 0 Å². The van der Waals surface area contributed by atoms with Crippen molar-refractivity contribution in [1.82, 2.24) is 20.1 Å². The summed E-state index contributed by atoms with van der Waals surface area (Å²) in [4.78, 5) is 21.3. The number of amides is 1. The zero-order chi connectivity index (χ0) is 18.9. The van der Waals surface area contributed by atoms with E-state index in [4.69, 9.17) is 9.15 Å². The Hall–Kier alpha value is -3.26. The molecule has 0 saturated carbocycles.